The normalized spacial score (nSPS) is 12.6. The van der Waals surface area contributed by atoms with E-state index in [1.54, 1.807) is 6.20 Å². The van der Waals surface area contributed by atoms with Crippen molar-refractivity contribution in [1.82, 2.24) is 20.3 Å². The van der Waals surface area contributed by atoms with Crippen molar-refractivity contribution in [2.45, 2.75) is 32.4 Å². The molecule has 1 aromatic heterocycles. The lowest BCUT2D eigenvalue weighted by Crippen LogP contribution is -2.23. The molecule has 1 heterocycles. The summed E-state index contributed by atoms with van der Waals surface area (Å²) in [5, 5.41) is 12.5. The maximum atomic E-state index is 6.07. The van der Waals surface area contributed by atoms with Gasteiger partial charge in [-0.2, -0.15) is 0 Å². The standard InChI is InChI=1S/C14H18Cl2N4/c1-2-14(11-4-5-12(15)13(16)10-11)17-6-3-8-20-9-7-18-19-20/h4-5,7,9-10,14,17H,2-3,6,8H2,1H3. The van der Waals surface area contributed by atoms with Gasteiger partial charge in [-0.3, -0.25) is 4.68 Å². The third-order valence-corrected chi connectivity index (χ3v) is 3.92. The summed E-state index contributed by atoms with van der Waals surface area (Å²) in [5.74, 6) is 0. The lowest BCUT2D eigenvalue weighted by atomic mass is 10.0. The summed E-state index contributed by atoms with van der Waals surface area (Å²) >= 11 is 12.0. The molecule has 2 rings (SSSR count). The van der Waals surface area contributed by atoms with Crippen molar-refractivity contribution >= 4 is 23.2 Å². The van der Waals surface area contributed by atoms with E-state index < -0.39 is 0 Å². The molecule has 0 spiro atoms. The number of rotatable bonds is 7. The van der Waals surface area contributed by atoms with Crippen LogP contribution in [0.3, 0.4) is 0 Å². The molecule has 0 saturated heterocycles. The van der Waals surface area contributed by atoms with Gasteiger partial charge in [-0.05, 0) is 37.1 Å². The molecule has 0 aliphatic rings. The monoisotopic (exact) mass is 312 g/mol. The zero-order chi connectivity index (χ0) is 14.4. The first-order chi connectivity index (χ1) is 9.70. The van der Waals surface area contributed by atoms with Gasteiger partial charge in [0.2, 0.25) is 0 Å². The van der Waals surface area contributed by atoms with Crippen LogP contribution in [0.2, 0.25) is 10.0 Å². The van der Waals surface area contributed by atoms with Gasteiger partial charge < -0.3 is 5.32 Å². The number of aromatic nitrogens is 3. The first-order valence-corrected chi connectivity index (χ1v) is 7.48. The van der Waals surface area contributed by atoms with Gasteiger partial charge in [0.1, 0.15) is 0 Å². The van der Waals surface area contributed by atoms with Crippen molar-refractivity contribution in [3.8, 4) is 0 Å². The molecular formula is C14H18Cl2N4. The van der Waals surface area contributed by atoms with Crippen molar-refractivity contribution in [3.05, 3.63) is 46.2 Å². The minimum absolute atomic E-state index is 0.292. The number of aryl methyl sites for hydroxylation is 1. The third kappa shape index (κ3) is 4.20. The van der Waals surface area contributed by atoms with Crippen LogP contribution in [0, 0.1) is 0 Å². The van der Waals surface area contributed by atoms with Gasteiger partial charge in [0, 0.05) is 18.8 Å². The van der Waals surface area contributed by atoms with Gasteiger partial charge in [-0.15, -0.1) is 5.10 Å². The zero-order valence-electron chi connectivity index (χ0n) is 11.4. The average molecular weight is 313 g/mol. The van der Waals surface area contributed by atoms with Crippen LogP contribution < -0.4 is 5.32 Å². The highest BCUT2D eigenvalue weighted by Crippen LogP contribution is 2.26. The molecule has 20 heavy (non-hydrogen) atoms. The molecule has 4 nitrogen and oxygen atoms in total. The first kappa shape index (κ1) is 15.3. The molecule has 1 atom stereocenters. The molecule has 1 aromatic carbocycles. The van der Waals surface area contributed by atoms with Gasteiger partial charge in [-0.25, -0.2) is 0 Å². The molecule has 0 aliphatic carbocycles. The number of halogens is 2. The van der Waals surface area contributed by atoms with Crippen molar-refractivity contribution in [2.75, 3.05) is 6.54 Å². The van der Waals surface area contributed by atoms with Crippen LogP contribution in [-0.2, 0) is 6.54 Å². The Morgan fingerprint density at radius 1 is 1.30 bits per heavy atom. The van der Waals surface area contributed by atoms with E-state index in [2.05, 4.69) is 22.6 Å². The quantitative estimate of drug-likeness (QED) is 0.792. The van der Waals surface area contributed by atoms with Gasteiger partial charge in [0.05, 0.1) is 16.2 Å². The molecule has 0 saturated carbocycles. The Morgan fingerprint density at radius 3 is 2.80 bits per heavy atom. The summed E-state index contributed by atoms with van der Waals surface area (Å²) in [6.45, 7) is 3.93. The summed E-state index contributed by atoms with van der Waals surface area (Å²) in [6, 6.07) is 6.09. The molecule has 1 N–H and O–H groups in total. The van der Waals surface area contributed by atoms with Gasteiger partial charge in [0.15, 0.2) is 0 Å². The lowest BCUT2D eigenvalue weighted by Gasteiger charge is -2.18. The van der Waals surface area contributed by atoms with Gasteiger partial charge in [-0.1, -0.05) is 41.4 Å². The van der Waals surface area contributed by atoms with E-state index in [0.717, 1.165) is 25.9 Å². The summed E-state index contributed by atoms with van der Waals surface area (Å²) < 4.78 is 1.84. The summed E-state index contributed by atoms with van der Waals surface area (Å²) in [7, 11) is 0. The first-order valence-electron chi connectivity index (χ1n) is 6.73. The van der Waals surface area contributed by atoms with E-state index in [1.165, 1.54) is 5.56 Å². The van der Waals surface area contributed by atoms with E-state index in [4.69, 9.17) is 23.2 Å². The van der Waals surface area contributed by atoms with Crippen LogP contribution in [0.4, 0.5) is 0 Å². The smallest absolute Gasteiger partial charge is 0.0692 e. The maximum absolute atomic E-state index is 6.07. The minimum atomic E-state index is 0.292. The van der Waals surface area contributed by atoms with Crippen LogP contribution in [0.15, 0.2) is 30.6 Å². The Kier molecular flexibility index (Phi) is 5.83. The van der Waals surface area contributed by atoms with Crippen LogP contribution >= 0.6 is 23.2 Å². The fourth-order valence-corrected chi connectivity index (χ4v) is 2.40. The molecule has 0 aliphatic heterocycles. The van der Waals surface area contributed by atoms with Crippen LogP contribution in [0.25, 0.3) is 0 Å². The Balaban J connectivity index is 1.84. The number of nitrogens with zero attached hydrogens (tertiary/aromatic N) is 3. The second-order valence-corrected chi connectivity index (χ2v) is 5.42. The Hall–Kier alpha value is -1.10. The Morgan fingerprint density at radius 2 is 2.15 bits per heavy atom. The Bertz CT molecular complexity index is 528. The topological polar surface area (TPSA) is 42.7 Å². The van der Waals surface area contributed by atoms with Crippen LogP contribution in [0.1, 0.15) is 31.4 Å². The SMILES string of the molecule is CCC(NCCCn1ccnn1)c1ccc(Cl)c(Cl)c1. The highest BCUT2D eigenvalue weighted by atomic mass is 35.5. The van der Waals surface area contributed by atoms with Gasteiger partial charge in [0.25, 0.3) is 0 Å². The molecule has 0 fully saturated rings. The van der Waals surface area contributed by atoms with E-state index in [9.17, 15) is 0 Å². The second kappa shape index (κ2) is 7.62. The van der Waals surface area contributed by atoms with Crippen LogP contribution in [-0.4, -0.2) is 21.5 Å². The zero-order valence-corrected chi connectivity index (χ0v) is 12.9. The summed E-state index contributed by atoms with van der Waals surface area (Å²) in [6.07, 6.45) is 5.57. The van der Waals surface area contributed by atoms with Crippen molar-refractivity contribution in [2.24, 2.45) is 0 Å². The predicted octanol–water partition coefficient (Wildman–Crippen LogP) is 3.72. The lowest BCUT2D eigenvalue weighted by molar-refractivity contribution is 0.475. The van der Waals surface area contributed by atoms with Gasteiger partial charge >= 0.3 is 0 Å². The largest absolute Gasteiger partial charge is 0.310 e. The number of nitrogens with one attached hydrogen (secondary N) is 1. The second-order valence-electron chi connectivity index (χ2n) is 4.61. The summed E-state index contributed by atoms with van der Waals surface area (Å²) in [5.41, 5.74) is 1.17. The molecular weight excluding hydrogens is 295 g/mol. The van der Waals surface area contributed by atoms with E-state index in [0.29, 0.717) is 16.1 Å². The number of benzene rings is 1. The predicted molar refractivity (Wildman–Crippen MR) is 82.1 cm³/mol. The highest BCUT2D eigenvalue weighted by Gasteiger charge is 2.10. The fraction of sp³-hybridized carbons (Fsp3) is 0.429. The van der Waals surface area contributed by atoms with Crippen molar-refractivity contribution < 1.29 is 0 Å². The van der Waals surface area contributed by atoms with E-state index in [-0.39, 0.29) is 0 Å². The third-order valence-electron chi connectivity index (χ3n) is 3.18. The van der Waals surface area contributed by atoms with Crippen molar-refractivity contribution in [1.29, 1.82) is 0 Å². The molecule has 6 heteroatoms. The highest BCUT2D eigenvalue weighted by molar-refractivity contribution is 6.42. The van der Waals surface area contributed by atoms with E-state index >= 15 is 0 Å². The maximum Gasteiger partial charge on any atom is 0.0692 e. The molecule has 0 bridgehead atoms. The van der Waals surface area contributed by atoms with E-state index in [1.807, 2.05) is 29.1 Å². The Labute approximate surface area is 129 Å². The molecule has 1 unspecified atom stereocenters. The molecule has 108 valence electrons. The van der Waals surface area contributed by atoms with Crippen molar-refractivity contribution in [3.63, 3.8) is 0 Å². The fourth-order valence-electron chi connectivity index (χ4n) is 2.10. The average Bonchev–Trinajstić information content (AvgIpc) is 2.95. The molecule has 2 aromatic rings. The number of hydrogen-bond donors (Lipinski definition) is 1. The van der Waals surface area contributed by atoms with Crippen LogP contribution in [0.5, 0.6) is 0 Å². The molecule has 0 radical (unpaired) electrons. The molecule has 0 amide bonds. The summed E-state index contributed by atoms with van der Waals surface area (Å²) in [4.78, 5) is 0. The minimum Gasteiger partial charge on any atom is -0.310 e. The number of hydrogen-bond acceptors (Lipinski definition) is 3.